The Balaban J connectivity index is 0.744. The number of terminal acetylenes is 1. The number of rotatable bonds is 18. The van der Waals surface area contributed by atoms with Gasteiger partial charge in [-0.3, -0.25) is 24.3 Å². The summed E-state index contributed by atoms with van der Waals surface area (Å²) in [7, 11) is 0. The molecule has 0 spiro atoms. The van der Waals surface area contributed by atoms with Gasteiger partial charge in [-0.2, -0.15) is 9.97 Å². The number of ether oxygens (including phenoxy) is 1. The molecule has 0 saturated carbocycles. The third-order valence-electron chi connectivity index (χ3n) is 16.1. The molecule has 420 valence electrons. The number of hydrogen-bond acceptors (Lipinski definition) is 14. The molecular formula is C61H70F2N10O6S. The first-order chi connectivity index (χ1) is 38.3. The number of nitrogens with zero attached hydrogens (tertiary/aromatic N) is 7. The molecule has 2 bridgehead atoms. The number of β-amino-alcohol motifs (C(OH)–C–C–N with tert-alkyl or cyclic N) is 1. The Hall–Kier alpha value is -7.11. The molecule has 4 aliphatic heterocycles. The number of aliphatic hydroxyl groups excluding tert-OH is 1. The van der Waals surface area contributed by atoms with E-state index < -0.39 is 41.1 Å². The van der Waals surface area contributed by atoms with Gasteiger partial charge >= 0.3 is 6.01 Å². The van der Waals surface area contributed by atoms with Gasteiger partial charge in [0, 0.05) is 74.3 Å². The number of likely N-dealkylation sites (tertiary alicyclic amines) is 2. The number of aliphatic hydroxyl groups is 1. The number of aromatic nitrogens is 4. The number of fused-ring (bicyclic) bond motifs is 4. The average Bonchev–Trinajstić information content (AvgIpc) is 4.26. The first-order valence-electron chi connectivity index (χ1n) is 27.7. The number of aryl methyl sites for hydroxylation is 1. The Morgan fingerprint density at radius 2 is 1.75 bits per heavy atom. The molecule has 7 heterocycles. The summed E-state index contributed by atoms with van der Waals surface area (Å²) in [4.78, 5) is 67.0. The Labute approximate surface area is 469 Å². The van der Waals surface area contributed by atoms with Gasteiger partial charge in [-0.05, 0) is 92.6 Å². The molecule has 3 aromatic heterocycles. The number of nitrogens with one attached hydrogen (secondary N) is 3. The minimum absolute atomic E-state index is 0.00546. The van der Waals surface area contributed by atoms with E-state index >= 15 is 8.78 Å². The summed E-state index contributed by atoms with van der Waals surface area (Å²) < 4.78 is 38.7. The van der Waals surface area contributed by atoms with Crippen molar-refractivity contribution >= 4 is 56.6 Å². The van der Waals surface area contributed by atoms with Crippen LogP contribution in [0.4, 0.5) is 14.6 Å². The summed E-state index contributed by atoms with van der Waals surface area (Å²) >= 11 is 1.57. The van der Waals surface area contributed by atoms with Gasteiger partial charge in [0.05, 0.1) is 39.2 Å². The van der Waals surface area contributed by atoms with E-state index in [0.717, 1.165) is 65.9 Å². The van der Waals surface area contributed by atoms with E-state index in [1.54, 1.807) is 11.3 Å². The minimum Gasteiger partial charge on any atom is -0.508 e. The van der Waals surface area contributed by atoms with E-state index in [2.05, 4.69) is 53.2 Å². The number of anilines is 1. The van der Waals surface area contributed by atoms with Crippen molar-refractivity contribution in [1.29, 1.82) is 0 Å². The second-order valence-corrected chi connectivity index (χ2v) is 24.0. The Kier molecular flexibility index (Phi) is 16.5. The molecule has 80 heavy (non-hydrogen) atoms. The summed E-state index contributed by atoms with van der Waals surface area (Å²) in [6.07, 6.45) is 12.6. The van der Waals surface area contributed by atoms with E-state index in [-0.39, 0.29) is 101 Å². The van der Waals surface area contributed by atoms with E-state index in [1.807, 2.05) is 64.4 Å². The largest absolute Gasteiger partial charge is 0.508 e. The maximum absolute atomic E-state index is 17.2. The summed E-state index contributed by atoms with van der Waals surface area (Å²) in [5.41, 5.74) is 4.98. The third-order valence-corrected chi connectivity index (χ3v) is 17.1. The lowest BCUT2D eigenvalue weighted by Gasteiger charge is -2.35. The van der Waals surface area contributed by atoms with Gasteiger partial charge in [-0.1, -0.05) is 82.0 Å². The van der Waals surface area contributed by atoms with Gasteiger partial charge in [0.2, 0.25) is 17.7 Å². The van der Waals surface area contributed by atoms with Gasteiger partial charge in [-0.25, -0.2) is 13.8 Å². The Morgan fingerprint density at radius 1 is 1.00 bits per heavy atom. The number of hydrogen-bond donors (Lipinski definition) is 5. The zero-order chi connectivity index (χ0) is 56.6. The molecule has 6 aromatic rings. The van der Waals surface area contributed by atoms with Gasteiger partial charge in [-0.15, -0.1) is 17.8 Å². The standard InChI is InChI=1S/C61H70F2N10O6S/c1-8-45-48(62)21-18-39-24-43(74)25-46(51(39)45)53-52(63)54-47(27-64-53)57(72-29-40-19-20-41(30-72)67-40)70-60(69-54)79-32-42-23-34(2)28-71(42)22-12-10-9-11-13-50(76)68-56(61(5,6)7)59(78)73-31-44(75)26-49(73)58(77)66-35(3)37-14-16-38(17-15-37)55-36(4)65-33-80-55/h1,14-18,21,24-25,27,33,35,40-42,44,49,56,67,74-75H,2,9-13,19-20,22-23,26,28-32H2,3-7H3,(H,66,77)(H,68,76)/t35-,40?,41?,42-,44+,49-,56+/m0/s1. The molecule has 3 amide bonds. The fourth-order valence-corrected chi connectivity index (χ4v) is 12.8. The van der Waals surface area contributed by atoms with E-state index in [9.17, 15) is 24.6 Å². The van der Waals surface area contributed by atoms with Crippen LogP contribution in [0.25, 0.3) is 43.4 Å². The minimum atomic E-state index is -0.921. The molecule has 0 radical (unpaired) electrons. The molecule has 4 fully saturated rings. The first kappa shape index (κ1) is 56.2. The molecule has 7 atom stereocenters. The molecule has 0 aliphatic carbocycles. The van der Waals surface area contributed by atoms with E-state index in [1.165, 1.54) is 35.4 Å². The highest BCUT2D eigenvalue weighted by molar-refractivity contribution is 7.13. The normalized spacial score (nSPS) is 21.0. The number of halogens is 2. The number of amides is 3. The van der Waals surface area contributed by atoms with Crippen molar-refractivity contribution in [3.8, 4) is 45.8 Å². The van der Waals surface area contributed by atoms with Crippen molar-refractivity contribution in [2.75, 3.05) is 44.2 Å². The second-order valence-electron chi connectivity index (χ2n) is 23.1. The predicted molar refractivity (Wildman–Crippen MR) is 306 cm³/mol. The SMILES string of the molecule is C#Cc1c(F)ccc2cc(O)cc(-c3ncc4c(N5CC6CCC(C5)N6)nc(OC[C@@H]5CC(=C)CN5CCCCCCC(=O)N[C@H](C(=O)N5C[C@H](O)C[C@H]5C(=O)N[C@@H](C)c5ccc(-c6scnc6C)cc5)C(C)(C)C)nc4c3F)c12. The zero-order valence-electron chi connectivity index (χ0n) is 46.0. The van der Waals surface area contributed by atoms with Gasteiger partial charge in [0.15, 0.2) is 5.82 Å². The average molecular weight is 1110 g/mol. The highest BCUT2D eigenvalue weighted by atomic mass is 32.1. The van der Waals surface area contributed by atoms with E-state index in [0.29, 0.717) is 49.1 Å². The lowest BCUT2D eigenvalue weighted by molar-refractivity contribution is -0.144. The van der Waals surface area contributed by atoms with Crippen LogP contribution in [0, 0.1) is 36.3 Å². The summed E-state index contributed by atoms with van der Waals surface area (Å²) in [5, 5.41) is 32.2. The van der Waals surface area contributed by atoms with Crippen molar-refractivity contribution in [2.24, 2.45) is 5.41 Å². The van der Waals surface area contributed by atoms with E-state index in [4.69, 9.17) is 16.1 Å². The van der Waals surface area contributed by atoms with Crippen molar-refractivity contribution in [2.45, 2.75) is 135 Å². The Morgan fingerprint density at radius 3 is 2.46 bits per heavy atom. The van der Waals surface area contributed by atoms with Crippen LogP contribution in [0.15, 0.2) is 72.4 Å². The summed E-state index contributed by atoms with van der Waals surface area (Å²) in [6.45, 7) is 16.7. The van der Waals surface area contributed by atoms with Gasteiger partial charge in [0.25, 0.3) is 0 Å². The maximum atomic E-state index is 17.2. The number of thiazole rings is 1. The monoisotopic (exact) mass is 1110 g/mol. The lowest BCUT2D eigenvalue weighted by atomic mass is 9.85. The fraction of sp³-hybridized carbons (Fsp3) is 0.459. The number of unbranched alkanes of at least 4 members (excludes halogenated alkanes) is 3. The number of phenolic OH excluding ortho intramolecular Hbond substituents is 1. The fourth-order valence-electron chi connectivity index (χ4n) is 12.0. The van der Waals surface area contributed by atoms with Crippen LogP contribution < -0.4 is 25.6 Å². The number of aromatic hydroxyl groups is 1. The molecule has 2 unspecified atom stereocenters. The first-order valence-corrected chi connectivity index (χ1v) is 28.6. The lowest BCUT2D eigenvalue weighted by Crippen LogP contribution is -2.57. The Bertz CT molecular complexity index is 3370. The van der Waals surface area contributed by atoms with Crippen LogP contribution in [0.3, 0.4) is 0 Å². The summed E-state index contributed by atoms with van der Waals surface area (Å²) in [6, 6.07) is 11.7. The topological polar surface area (TPSA) is 198 Å². The van der Waals surface area contributed by atoms with Crippen molar-refractivity contribution in [3.63, 3.8) is 0 Å². The highest BCUT2D eigenvalue weighted by Gasteiger charge is 2.45. The van der Waals surface area contributed by atoms with Crippen molar-refractivity contribution in [3.05, 3.63) is 101 Å². The highest BCUT2D eigenvalue weighted by Crippen LogP contribution is 2.40. The number of benzene rings is 3. The molecule has 3 aromatic carbocycles. The zero-order valence-corrected chi connectivity index (χ0v) is 46.8. The molecule has 4 saturated heterocycles. The quantitative estimate of drug-likeness (QED) is 0.0312. The number of carbonyl (C=O) groups excluding carboxylic acids is 3. The van der Waals surface area contributed by atoms with Gasteiger partial charge in [0.1, 0.15) is 47.3 Å². The van der Waals surface area contributed by atoms with Crippen LogP contribution in [0.1, 0.15) is 108 Å². The number of carbonyl (C=O) groups is 3. The third kappa shape index (κ3) is 12.0. The van der Waals surface area contributed by atoms with Crippen LogP contribution >= 0.6 is 11.3 Å². The predicted octanol–water partition coefficient (Wildman–Crippen LogP) is 8.51. The molecule has 10 rings (SSSR count). The van der Waals surface area contributed by atoms with Gasteiger partial charge < -0.3 is 40.7 Å². The molecule has 19 heteroatoms. The van der Waals surface area contributed by atoms with Crippen LogP contribution in [0.2, 0.25) is 0 Å². The number of piperazine rings is 1. The smallest absolute Gasteiger partial charge is 0.319 e. The van der Waals surface area contributed by atoms with Crippen molar-refractivity contribution in [1.82, 2.24) is 45.7 Å². The molecular weight excluding hydrogens is 1040 g/mol. The number of pyridine rings is 1. The van der Waals surface area contributed by atoms with Crippen LogP contribution in [-0.2, 0) is 14.4 Å². The molecule has 16 nitrogen and oxygen atoms in total. The molecule has 4 aliphatic rings. The number of phenols is 1. The second kappa shape index (κ2) is 23.5. The van der Waals surface area contributed by atoms with Crippen LogP contribution in [-0.4, -0.2) is 133 Å². The maximum Gasteiger partial charge on any atom is 0.319 e. The summed E-state index contributed by atoms with van der Waals surface area (Å²) in [5.74, 6) is 0.279. The molecule has 5 N–H and O–H groups in total. The van der Waals surface area contributed by atoms with Crippen LogP contribution in [0.5, 0.6) is 11.8 Å². The van der Waals surface area contributed by atoms with Crippen molar-refractivity contribution < 1.29 is 38.1 Å².